The minimum absolute atomic E-state index is 0.161. The number of nitrogens with zero attached hydrogens (tertiary/aromatic N) is 1. The first kappa shape index (κ1) is 15.6. The number of ether oxygens (including phenoxy) is 1. The number of thiazole rings is 1. The van der Waals surface area contributed by atoms with Crippen LogP contribution in [0.1, 0.15) is 50.9 Å². The summed E-state index contributed by atoms with van der Waals surface area (Å²) in [6.45, 7) is 13.5. The zero-order chi connectivity index (χ0) is 13.6. The Morgan fingerprint density at radius 1 is 1.39 bits per heavy atom. The first-order chi connectivity index (χ1) is 8.39. The Kier molecular flexibility index (Phi) is 6.26. The van der Waals surface area contributed by atoms with Crippen LogP contribution < -0.4 is 5.32 Å². The quantitative estimate of drug-likeness (QED) is 0.772. The number of rotatable bonds is 7. The zero-order valence-electron chi connectivity index (χ0n) is 12.2. The van der Waals surface area contributed by atoms with E-state index in [4.69, 9.17) is 4.74 Å². The highest BCUT2D eigenvalue weighted by Gasteiger charge is 2.17. The maximum atomic E-state index is 5.49. The SMILES string of the molecule is CC(C)OCCCNCc1cnc(C(C)(C)C)s1. The third-order valence-electron chi connectivity index (χ3n) is 2.44. The fraction of sp³-hybridized carbons (Fsp3) is 0.786. The molecule has 18 heavy (non-hydrogen) atoms. The van der Waals surface area contributed by atoms with Crippen molar-refractivity contribution in [2.75, 3.05) is 13.2 Å². The number of hydrogen-bond acceptors (Lipinski definition) is 4. The van der Waals surface area contributed by atoms with Crippen LogP contribution in [0.5, 0.6) is 0 Å². The van der Waals surface area contributed by atoms with E-state index in [1.807, 2.05) is 6.20 Å². The lowest BCUT2D eigenvalue weighted by Gasteiger charge is -2.13. The van der Waals surface area contributed by atoms with Crippen LogP contribution in [0.25, 0.3) is 0 Å². The molecule has 0 fully saturated rings. The van der Waals surface area contributed by atoms with Crippen molar-refractivity contribution in [3.8, 4) is 0 Å². The van der Waals surface area contributed by atoms with Gasteiger partial charge in [0, 0.05) is 29.6 Å². The Morgan fingerprint density at radius 2 is 2.11 bits per heavy atom. The standard InChI is InChI=1S/C14H26N2OS/c1-11(2)17-8-6-7-15-9-12-10-16-13(18-12)14(3,4)5/h10-11,15H,6-9H2,1-5H3. The van der Waals surface area contributed by atoms with E-state index in [1.165, 1.54) is 9.88 Å². The first-order valence-corrected chi connectivity index (χ1v) is 7.48. The van der Waals surface area contributed by atoms with E-state index >= 15 is 0 Å². The molecule has 0 spiro atoms. The highest BCUT2D eigenvalue weighted by atomic mass is 32.1. The molecule has 1 heterocycles. The second-order valence-electron chi connectivity index (χ2n) is 5.83. The molecule has 0 saturated carbocycles. The lowest BCUT2D eigenvalue weighted by molar-refractivity contribution is 0.0770. The van der Waals surface area contributed by atoms with Crippen molar-refractivity contribution in [3.63, 3.8) is 0 Å². The van der Waals surface area contributed by atoms with E-state index in [0.29, 0.717) is 6.10 Å². The Bertz CT molecular complexity index is 342. The molecule has 0 aliphatic heterocycles. The summed E-state index contributed by atoms with van der Waals surface area (Å²) in [4.78, 5) is 5.79. The van der Waals surface area contributed by atoms with Gasteiger partial charge in [0.05, 0.1) is 11.1 Å². The van der Waals surface area contributed by atoms with Gasteiger partial charge in [0.1, 0.15) is 0 Å². The Balaban J connectivity index is 2.18. The molecule has 1 aromatic rings. The largest absolute Gasteiger partial charge is 0.379 e. The molecule has 1 rings (SSSR count). The molecule has 0 radical (unpaired) electrons. The lowest BCUT2D eigenvalue weighted by atomic mass is 9.98. The van der Waals surface area contributed by atoms with Gasteiger partial charge >= 0.3 is 0 Å². The van der Waals surface area contributed by atoms with E-state index < -0.39 is 0 Å². The molecule has 1 aromatic heterocycles. The van der Waals surface area contributed by atoms with Crippen molar-refractivity contribution >= 4 is 11.3 Å². The fourth-order valence-corrected chi connectivity index (χ4v) is 2.40. The summed E-state index contributed by atoms with van der Waals surface area (Å²) in [6, 6.07) is 0. The number of aromatic nitrogens is 1. The van der Waals surface area contributed by atoms with Gasteiger partial charge in [-0.2, -0.15) is 0 Å². The molecule has 4 heteroatoms. The highest BCUT2D eigenvalue weighted by Crippen LogP contribution is 2.26. The lowest BCUT2D eigenvalue weighted by Crippen LogP contribution is -2.16. The molecule has 0 amide bonds. The average Bonchev–Trinajstić information content (AvgIpc) is 2.71. The van der Waals surface area contributed by atoms with Gasteiger partial charge in [-0.1, -0.05) is 20.8 Å². The van der Waals surface area contributed by atoms with Crippen molar-refractivity contribution in [3.05, 3.63) is 16.1 Å². The third-order valence-corrected chi connectivity index (χ3v) is 3.87. The second kappa shape index (κ2) is 7.22. The minimum atomic E-state index is 0.161. The van der Waals surface area contributed by atoms with E-state index in [-0.39, 0.29) is 5.41 Å². The maximum absolute atomic E-state index is 5.49. The van der Waals surface area contributed by atoms with Gasteiger partial charge in [-0.15, -0.1) is 11.3 Å². The number of hydrogen-bond donors (Lipinski definition) is 1. The predicted octanol–water partition coefficient (Wildman–Crippen LogP) is 3.35. The molecule has 104 valence electrons. The van der Waals surface area contributed by atoms with Crippen LogP contribution in [-0.2, 0) is 16.7 Å². The minimum Gasteiger partial charge on any atom is -0.379 e. The summed E-state index contributed by atoms with van der Waals surface area (Å²) in [6.07, 6.45) is 3.38. The number of nitrogens with one attached hydrogen (secondary N) is 1. The third kappa shape index (κ3) is 5.94. The van der Waals surface area contributed by atoms with Crippen molar-refractivity contribution < 1.29 is 4.74 Å². The van der Waals surface area contributed by atoms with Crippen molar-refractivity contribution in [1.29, 1.82) is 0 Å². The molecule has 3 nitrogen and oxygen atoms in total. The molecular formula is C14H26N2OS. The molecule has 0 unspecified atom stereocenters. The molecule has 0 aliphatic rings. The zero-order valence-corrected chi connectivity index (χ0v) is 13.1. The molecular weight excluding hydrogens is 244 g/mol. The Labute approximate surface area is 115 Å². The van der Waals surface area contributed by atoms with Gasteiger partial charge in [-0.05, 0) is 26.8 Å². The molecule has 0 bridgehead atoms. The summed E-state index contributed by atoms with van der Waals surface area (Å²) < 4.78 is 5.49. The average molecular weight is 270 g/mol. The fourth-order valence-electron chi connectivity index (χ4n) is 1.46. The van der Waals surface area contributed by atoms with E-state index in [1.54, 1.807) is 11.3 Å². The van der Waals surface area contributed by atoms with Crippen LogP contribution in [0.15, 0.2) is 6.20 Å². The topological polar surface area (TPSA) is 34.1 Å². The summed E-state index contributed by atoms with van der Waals surface area (Å²) >= 11 is 1.80. The summed E-state index contributed by atoms with van der Waals surface area (Å²) in [5, 5.41) is 4.64. The molecule has 0 aliphatic carbocycles. The molecule has 1 N–H and O–H groups in total. The molecule has 0 aromatic carbocycles. The smallest absolute Gasteiger partial charge is 0.0981 e. The molecule has 0 atom stereocenters. The Morgan fingerprint density at radius 3 is 2.67 bits per heavy atom. The second-order valence-corrected chi connectivity index (χ2v) is 6.95. The van der Waals surface area contributed by atoms with Gasteiger partial charge < -0.3 is 10.1 Å². The van der Waals surface area contributed by atoms with Crippen LogP contribution >= 0.6 is 11.3 Å². The predicted molar refractivity (Wildman–Crippen MR) is 78.2 cm³/mol. The maximum Gasteiger partial charge on any atom is 0.0981 e. The van der Waals surface area contributed by atoms with Gasteiger partial charge in [0.2, 0.25) is 0 Å². The van der Waals surface area contributed by atoms with Gasteiger partial charge in [0.25, 0.3) is 0 Å². The summed E-state index contributed by atoms with van der Waals surface area (Å²) in [5.41, 5.74) is 0.161. The van der Waals surface area contributed by atoms with E-state index in [0.717, 1.165) is 26.1 Å². The van der Waals surface area contributed by atoms with Crippen molar-refractivity contribution in [2.24, 2.45) is 0 Å². The van der Waals surface area contributed by atoms with Gasteiger partial charge in [-0.3, -0.25) is 0 Å². The van der Waals surface area contributed by atoms with Crippen LogP contribution in [0.4, 0.5) is 0 Å². The Hall–Kier alpha value is -0.450. The van der Waals surface area contributed by atoms with Crippen molar-refractivity contribution in [2.45, 2.75) is 59.1 Å². The van der Waals surface area contributed by atoms with Crippen LogP contribution in [0.3, 0.4) is 0 Å². The highest BCUT2D eigenvalue weighted by molar-refractivity contribution is 7.11. The first-order valence-electron chi connectivity index (χ1n) is 6.67. The normalized spacial score (nSPS) is 12.3. The van der Waals surface area contributed by atoms with Crippen LogP contribution in [0, 0.1) is 0 Å². The van der Waals surface area contributed by atoms with Gasteiger partial charge in [0.15, 0.2) is 0 Å². The van der Waals surface area contributed by atoms with Crippen LogP contribution in [-0.4, -0.2) is 24.2 Å². The summed E-state index contributed by atoms with van der Waals surface area (Å²) in [5.74, 6) is 0. The molecule has 0 saturated heterocycles. The van der Waals surface area contributed by atoms with Gasteiger partial charge in [-0.25, -0.2) is 4.98 Å². The van der Waals surface area contributed by atoms with Crippen molar-refractivity contribution in [1.82, 2.24) is 10.3 Å². The monoisotopic (exact) mass is 270 g/mol. The summed E-state index contributed by atoms with van der Waals surface area (Å²) in [7, 11) is 0. The van der Waals surface area contributed by atoms with E-state index in [9.17, 15) is 0 Å². The van der Waals surface area contributed by atoms with E-state index in [2.05, 4.69) is 44.9 Å². The van der Waals surface area contributed by atoms with Crippen LogP contribution in [0.2, 0.25) is 0 Å².